The normalized spacial score (nSPS) is 12.4. The minimum atomic E-state index is -0.315. The molecule has 2 N–H and O–H groups in total. The molecule has 0 radical (unpaired) electrons. The summed E-state index contributed by atoms with van der Waals surface area (Å²) in [5, 5.41) is 6.32. The summed E-state index contributed by atoms with van der Waals surface area (Å²) in [5.41, 5.74) is 0.864. The largest absolute Gasteiger partial charge is 0.486 e. The number of benzene rings is 2. The van der Waals surface area contributed by atoms with Crippen molar-refractivity contribution in [1.82, 2.24) is 10.6 Å². The molecule has 0 spiro atoms. The Balaban J connectivity index is 1.50. The van der Waals surface area contributed by atoms with E-state index in [-0.39, 0.29) is 24.9 Å². The van der Waals surface area contributed by atoms with Crippen LogP contribution in [0.15, 0.2) is 36.4 Å². The molecule has 0 bridgehead atoms. The van der Waals surface area contributed by atoms with E-state index in [9.17, 15) is 9.59 Å². The third kappa shape index (κ3) is 4.39. The average molecular weight is 395 g/mol. The number of carbonyl (C=O) groups excluding carboxylic acids is 2. The quantitative estimate of drug-likeness (QED) is 0.764. The van der Waals surface area contributed by atoms with Gasteiger partial charge in [-0.05, 0) is 36.4 Å². The van der Waals surface area contributed by atoms with Crippen LogP contribution in [0.2, 0.25) is 10.0 Å². The summed E-state index contributed by atoms with van der Waals surface area (Å²) in [6, 6.07) is 9.66. The molecule has 0 aromatic heterocycles. The van der Waals surface area contributed by atoms with Crippen LogP contribution in [0.3, 0.4) is 0 Å². The Morgan fingerprint density at radius 3 is 2.19 bits per heavy atom. The molecule has 1 heterocycles. The molecule has 2 aromatic rings. The maximum atomic E-state index is 12.2. The van der Waals surface area contributed by atoms with Crippen molar-refractivity contribution in [2.45, 2.75) is 0 Å². The van der Waals surface area contributed by atoms with Gasteiger partial charge in [0.15, 0.2) is 11.5 Å². The van der Waals surface area contributed by atoms with E-state index in [1.807, 2.05) is 0 Å². The summed E-state index contributed by atoms with van der Waals surface area (Å²) in [7, 11) is 0. The van der Waals surface area contributed by atoms with Gasteiger partial charge < -0.3 is 20.1 Å². The molecule has 0 aliphatic carbocycles. The van der Waals surface area contributed by atoms with Gasteiger partial charge in [-0.15, -0.1) is 0 Å². The van der Waals surface area contributed by atoms with Crippen LogP contribution >= 0.6 is 23.2 Å². The minimum Gasteiger partial charge on any atom is -0.486 e. The third-order valence-corrected chi connectivity index (χ3v) is 4.19. The zero-order chi connectivity index (χ0) is 18.5. The molecule has 0 unspecified atom stereocenters. The number of fused-ring (bicyclic) bond motifs is 1. The van der Waals surface area contributed by atoms with Crippen LogP contribution in [0.1, 0.15) is 20.7 Å². The molecule has 1 aliphatic rings. The number of hydrogen-bond acceptors (Lipinski definition) is 4. The highest BCUT2D eigenvalue weighted by atomic mass is 35.5. The summed E-state index contributed by atoms with van der Waals surface area (Å²) >= 11 is 11.9. The molecule has 0 saturated heterocycles. The molecular weight excluding hydrogens is 379 g/mol. The van der Waals surface area contributed by atoms with Crippen LogP contribution in [0.4, 0.5) is 0 Å². The molecule has 1 aliphatic heterocycles. The van der Waals surface area contributed by atoms with Crippen LogP contribution < -0.4 is 20.1 Å². The lowest BCUT2D eigenvalue weighted by atomic mass is 10.1. The van der Waals surface area contributed by atoms with Crippen LogP contribution in [0.25, 0.3) is 0 Å². The molecule has 6 nitrogen and oxygen atoms in total. The van der Waals surface area contributed by atoms with E-state index < -0.39 is 0 Å². The van der Waals surface area contributed by atoms with Crippen LogP contribution in [-0.4, -0.2) is 38.1 Å². The standard InChI is InChI=1S/C18H16Cl2N2O4/c19-13-3-1-11(2-4-13)17(23)21-5-6-22-18(24)12-9-14(20)16-15(10-12)25-7-8-26-16/h1-4,9-10H,5-8H2,(H,21,23)(H,22,24). The van der Waals surface area contributed by atoms with Gasteiger partial charge in [0, 0.05) is 29.2 Å². The predicted octanol–water partition coefficient (Wildman–Crippen LogP) is 2.92. The van der Waals surface area contributed by atoms with Crippen molar-refractivity contribution in [1.29, 1.82) is 0 Å². The fraction of sp³-hybridized carbons (Fsp3) is 0.222. The molecular formula is C18H16Cl2N2O4. The molecule has 26 heavy (non-hydrogen) atoms. The topological polar surface area (TPSA) is 76.7 Å². The van der Waals surface area contributed by atoms with Crippen LogP contribution in [-0.2, 0) is 0 Å². The predicted molar refractivity (Wildman–Crippen MR) is 98.6 cm³/mol. The third-order valence-electron chi connectivity index (χ3n) is 3.66. The number of nitrogens with one attached hydrogen (secondary N) is 2. The van der Waals surface area contributed by atoms with E-state index in [1.54, 1.807) is 30.3 Å². The second kappa shape index (κ2) is 8.29. The first-order valence-corrected chi connectivity index (χ1v) is 8.71. The van der Waals surface area contributed by atoms with Gasteiger partial charge in [0.2, 0.25) is 0 Å². The summed E-state index contributed by atoms with van der Waals surface area (Å²) < 4.78 is 10.9. The number of carbonyl (C=O) groups is 2. The summed E-state index contributed by atoms with van der Waals surface area (Å²) in [5.74, 6) is 0.345. The first-order chi connectivity index (χ1) is 12.5. The Bertz CT molecular complexity index is 825. The molecule has 8 heteroatoms. The van der Waals surface area contributed by atoms with E-state index in [1.165, 1.54) is 6.07 Å². The van der Waals surface area contributed by atoms with Gasteiger partial charge in [-0.3, -0.25) is 9.59 Å². The van der Waals surface area contributed by atoms with E-state index in [0.29, 0.717) is 45.9 Å². The Morgan fingerprint density at radius 2 is 1.50 bits per heavy atom. The van der Waals surface area contributed by atoms with Gasteiger partial charge in [-0.1, -0.05) is 23.2 Å². The van der Waals surface area contributed by atoms with Gasteiger partial charge in [0.1, 0.15) is 13.2 Å². The molecule has 136 valence electrons. The molecule has 2 amide bonds. The highest BCUT2D eigenvalue weighted by molar-refractivity contribution is 6.32. The van der Waals surface area contributed by atoms with Crippen molar-refractivity contribution in [3.05, 3.63) is 57.6 Å². The van der Waals surface area contributed by atoms with E-state index in [4.69, 9.17) is 32.7 Å². The second-order valence-electron chi connectivity index (χ2n) is 5.50. The second-order valence-corrected chi connectivity index (χ2v) is 6.34. The van der Waals surface area contributed by atoms with Crippen LogP contribution in [0.5, 0.6) is 11.5 Å². The molecule has 0 fully saturated rings. The van der Waals surface area contributed by atoms with E-state index in [0.717, 1.165) is 0 Å². The van der Waals surface area contributed by atoms with Crippen LogP contribution in [0, 0.1) is 0 Å². The number of halogens is 2. The van der Waals surface area contributed by atoms with Gasteiger partial charge in [-0.2, -0.15) is 0 Å². The highest BCUT2D eigenvalue weighted by Crippen LogP contribution is 2.38. The highest BCUT2D eigenvalue weighted by Gasteiger charge is 2.19. The van der Waals surface area contributed by atoms with Crippen molar-refractivity contribution in [3.8, 4) is 11.5 Å². The smallest absolute Gasteiger partial charge is 0.251 e. The maximum Gasteiger partial charge on any atom is 0.251 e. The lowest BCUT2D eigenvalue weighted by Gasteiger charge is -2.20. The first kappa shape index (κ1) is 18.4. The SMILES string of the molecule is O=C(NCCNC(=O)c1cc(Cl)c2c(c1)OCCO2)c1ccc(Cl)cc1. The molecule has 2 aromatic carbocycles. The van der Waals surface area contributed by atoms with Gasteiger partial charge in [0.05, 0.1) is 5.02 Å². The fourth-order valence-corrected chi connectivity index (χ4v) is 2.79. The monoisotopic (exact) mass is 394 g/mol. The lowest BCUT2D eigenvalue weighted by molar-refractivity contribution is 0.0927. The van der Waals surface area contributed by atoms with Gasteiger partial charge in [0.25, 0.3) is 11.8 Å². The Labute approximate surface area is 160 Å². The first-order valence-electron chi connectivity index (χ1n) is 7.95. The average Bonchev–Trinajstić information content (AvgIpc) is 2.65. The van der Waals surface area contributed by atoms with E-state index in [2.05, 4.69) is 10.6 Å². The Morgan fingerprint density at radius 1 is 0.885 bits per heavy atom. The van der Waals surface area contributed by atoms with Crippen molar-refractivity contribution in [3.63, 3.8) is 0 Å². The van der Waals surface area contributed by atoms with Crippen molar-refractivity contribution >= 4 is 35.0 Å². The number of hydrogen-bond donors (Lipinski definition) is 2. The molecule has 3 rings (SSSR count). The zero-order valence-electron chi connectivity index (χ0n) is 13.7. The molecule has 0 atom stereocenters. The Hall–Kier alpha value is -2.44. The number of ether oxygens (including phenoxy) is 2. The maximum absolute atomic E-state index is 12.2. The summed E-state index contributed by atoms with van der Waals surface area (Å²) in [4.78, 5) is 24.2. The van der Waals surface area contributed by atoms with Gasteiger partial charge >= 0.3 is 0 Å². The molecule has 0 saturated carbocycles. The number of amides is 2. The van der Waals surface area contributed by atoms with Crippen molar-refractivity contribution < 1.29 is 19.1 Å². The lowest BCUT2D eigenvalue weighted by Crippen LogP contribution is -2.34. The summed E-state index contributed by atoms with van der Waals surface area (Å²) in [6.07, 6.45) is 0. The summed E-state index contributed by atoms with van der Waals surface area (Å²) in [6.45, 7) is 1.38. The van der Waals surface area contributed by atoms with Crippen molar-refractivity contribution in [2.75, 3.05) is 26.3 Å². The number of rotatable bonds is 5. The fourth-order valence-electron chi connectivity index (χ4n) is 2.40. The minimum absolute atomic E-state index is 0.238. The Kier molecular flexibility index (Phi) is 5.85. The van der Waals surface area contributed by atoms with Gasteiger partial charge in [-0.25, -0.2) is 0 Å². The van der Waals surface area contributed by atoms with Crippen molar-refractivity contribution in [2.24, 2.45) is 0 Å². The zero-order valence-corrected chi connectivity index (χ0v) is 15.2. The van der Waals surface area contributed by atoms with E-state index >= 15 is 0 Å².